The summed E-state index contributed by atoms with van der Waals surface area (Å²) >= 11 is 0. The number of rotatable bonds is 5. The summed E-state index contributed by atoms with van der Waals surface area (Å²) in [6.45, 7) is 0.0171. The second kappa shape index (κ2) is 6.83. The van der Waals surface area contributed by atoms with Crippen LogP contribution < -0.4 is 10.6 Å². The molecule has 1 amide bonds. The lowest BCUT2D eigenvalue weighted by atomic mass is 10.1. The van der Waals surface area contributed by atoms with Gasteiger partial charge in [0, 0.05) is 24.8 Å². The van der Waals surface area contributed by atoms with Crippen molar-refractivity contribution >= 4 is 11.6 Å². The van der Waals surface area contributed by atoms with Gasteiger partial charge in [0.2, 0.25) is 5.91 Å². The van der Waals surface area contributed by atoms with Gasteiger partial charge in [0.15, 0.2) is 0 Å². The van der Waals surface area contributed by atoms with Gasteiger partial charge in [-0.2, -0.15) is 0 Å². The number of amides is 1. The maximum atomic E-state index is 13.6. The molecule has 0 saturated heterocycles. The van der Waals surface area contributed by atoms with Gasteiger partial charge in [-0.15, -0.1) is 0 Å². The van der Waals surface area contributed by atoms with E-state index >= 15 is 0 Å². The van der Waals surface area contributed by atoms with E-state index in [1.807, 2.05) is 6.07 Å². The Kier molecular flexibility index (Phi) is 4.87. The van der Waals surface area contributed by atoms with Crippen molar-refractivity contribution in [3.8, 4) is 0 Å². The predicted octanol–water partition coefficient (Wildman–Crippen LogP) is 2.87. The zero-order chi connectivity index (χ0) is 15.2. The average molecular weight is 290 g/mol. The van der Waals surface area contributed by atoms with Crippen molar-refractivity contribution < 1.29 is 13.6 Å². The number of nitrogens with one attached hydrogen (secondary N) is 2. The standard InChI is InChI=1S/C16H16F2N2O/c1-19-16(21)9-11-5-2-3-8-15(11)20-10-12-13(17)6-4-7-14(12)18/h2-8,20H,9-10H2,1H3,(H,19,21). The number of likely N-dealkylation sites (N-methyl/N-ethyl adjacent to an activating group) is 1. The second-order valence-electron chi connectivity index (χ2n) is 4.56. The number of hydrogen-bond donors (Lipinski definition) is 2. The van der Waals surface area contributed by atoms with Crippen molar-refractivity contribution in [1.82, 2.24) is 5.32 Å². The Hall–Kier alpha value is -2.43. The molecule has 0 aliphatic heterocycles. The van der Waals surface area contributed by atoms with Crippen LogP contribution in [0.1, 0.15) is 11.1 Å². The fourth-order valence-corrected chi connectivity index (χ4v) is 1.99. The van der Waals surface area contributed by atoms with Crippen LogP contribution in [0.25, 0.3) is 0 Å². The van der Waals surface area contributed by atoms with Gasteiger partial charge in [-0.1, -0.05) is 24.3 Å². The van der Waals surface area contributed by atoms with E-state index in [2.05, 4.69) is 10.6 Å². The Morgan fingerprint density at radius 1 is 1.05 bits per heavy atom. The number of para-hydroxylation sites is 1. The van der Waals surface area contributed by atoms with E-state index in [4.69, 9.17) is 0 Å². The molecule has 2 rings (SSSR count). The van der Waals surface area contributed by atoms with E-state index in [-0.39, 0.29) is 24.4 Å². The van der Waals surface area contributed by atoms with Crippen molar-refractivity contribution in [2.75, 3.05) is 12.4 Å². The fourth-order valence-electron chi connectivity index (χ4n) is 1.99. The quantitative estimate of drug-likeness (QED) is 0.889. The van der Waals surface area contributed by atoms with Crippen LogP contribution in [0.4, 0.5) is 14.5 Å². The molecule has 0 aliphatic carbocycles. The Balaban J connectivity index is 2.15. The van der Waals surface area contributed by atoms with Gasteiger partial charge in [-0.05, 0) is 23.8 Å². The minimum Gasteiger partial charge on any atom is -0.381 e. The highest BCUT2D eigenvalue weighted by molar-refractivity contribution is 5.80. The van der Waals surface area contributed by atoms with Crippen LogP contribution in [-0.2, 0) is 17.8 Å². The SMILES string of the molecule is CNC(=O)Cc1ccccc1NCc1c(F)cccc1F. The average Bonchev–Trinajstić information content (AvgIpc) is 2.48. The number of benzene rings is 2. The van der Waals surface area contributed by atoms with Gasteiger partial charge >= 0.3 is 0 Å². The lowest BCUT2D eigenvalue weighted by Crippen LogP contribution is -2.20. The number of carbonyl (C=O) groups is 1. The molecule has 0 spiro atoms. The molecule has 0 heterocycles. The molecule has 0 aromatic heterocycles. The van der Waals surface area contributed by atoms with Crippen molar-refractivity contribution in [1.29, 1.82) is 0 Å². The van der Waals surface area contributed by atoms with Gasteiger partial charge < -0.3 is 10.6 Å². The summed E-state index contributed by atoms with van der Waals surface area (Å²) in [5.74, 6) is -1.31. The zero-order valence-electron chi connectivity index (χ0n) is 11.6. The van der Waals surface area contributed by atoms with Gasteiger partial charge in [0.25, 0.3) is 0 Å². The maximum Gasteiger partial charge on any atom is 0.224 e. The molecular weight excluding hydrogens is 274 g/mol. The molecule has 2 N–H and O–H groups in total. The first-order chi connectivity index (χ1) is 10.1. The Morgan fingerprint density at radius 3 is 2.38 bits per heavy atom. The minimum atomic E-state index is -0.591. The van der Waals surface area contributed by atoms with Gasteiger partial charge in [0.05, 0.1) is 6.42 Å². The van der Waals surface area contributed by atoms with E-state index in [1.54, 1.807) is 25.2 Å². The van der Waals surface area contributed by atoms with Crippen LogP contribution in [0, 0.1) is 11.6 Å². The van der Waals surface area contributed by atoms with Crippen molar-refractivity contribution in [3.63, 3.8) is 0 Å². The number of halogens is 2. The van der Waals surface area contributed by atoms with Crippen LogP contribution in [0.2, 0.25) is 0 Å². The van der Waals surface area contributed by atoms with Crippen molar-refractivity contribution in [2.45, 2.75) is 13.0 Å². The van der Waals surface area contributed by atoms with Crippen LogP contribution in [0.5, 0.6) is 0 Å². The molecule has 2 aromatic carbocycles. The van der Waals surface area contributed by atoms with E-state index < -0.39 is 11.6 Å². The maximum absolute atomic E-state index is 13.6. The van der Waals surface area contributed by atoms with E-state index in [9.17, 15) is 13.6 Å². The molecule has 5 heteroatoms. The predicted molar refractivity (Wildman–Crippen MR) is 77.9 cm³/mol. The van der Waals surface area contributed by atoms with Crippen molar-refractivity contribution in [3.05, 3.63) is 65.2 Å². The van der Waals surface area contributed by atoms with Crippen LogP contribution in [0.15, 0.2) is 42.5 Å². The molecule has 0 saturated carbocycles. The molecule has 110 valence electrons. The van der Waals surface area contributed by atoms with Crippen LogP contribution >= 0.6 is 0 Å². The van der Waals surface area contributed by atoms with E-state index in [0.717, 1.165) is 5.56 Å². The number of anilines is 1. The summed E-state index contributed by atoms with van der Waals surface area (Å²) in [5.41, 5.74) is 1.43. The first-order valence-electron chi connectivity index (χ1n) is 6.57. The first-order valence-corrected chi connectivity index (χ1v) is 6.57. The minimum absolute atomic E-state index is 0.0171. The molecule has 2 aromatic rings. The molecule has 0 radical (unpaired) electrons. The molecule has 21 heavy (non-hydrogen) atoms. The molecule has 0 unspecified atom stereocenters. The third kappa shape index (κ3) is 3.78. The number of carbonyl (C=O) groups excluding carboxylic acids is 1. The summed E-state index contributed by atoms with van der Waals surface area (Å²) < 4.78 is 27.1. The Bertz CT molecular complexity index is 624. The largest absolute Gasteiger partial charge is 0.381 e. The molecule has 0 aliphatic rings. The summed E-state index contributed by atoms with van der Waals surface area (Å²) in [4.78, 5) is 11.5. The van der Waals surface area contributed by atoms with E-state index in [1.165, 1.54) is 18.2 Å². The van der Waals surface area contributed by atoms with Gasteiger partial charge in [-0.25, -0.2) is 8.78 Å². The third-order valence-corrected chi connectivity index (χ3v) is 3.16. The molecule has 0 atom stereocenters. The summed E-state index contributed by atoms with van der Waals surface area (Å²) in [7, 11) is 1.56. The van der Waals surface area contributed by atoms with Crippen molar-refractivity contribution in [2.24, 2.45) is 0 Å². The lowest BCUT2D eigenvalue weighted by Gasteiger charge is -2.12. The normalized spacial score (nSPS) is 10.2. The lowest BCUT2D eigenvalue weighted by molar-refractivity contribution is -0.119. The summed E-state index contributed by atoms with van der Waals surface area (Å²) in [5, 5.41) is 5.53. The zero-order valence-corrected chi connectivity index (χ0v) is 11.6. The molecular formula is C16H16F2N2O. The molecule has 0 bridgehead atoms. The fraction of sp³-hybridized carbons (Fsp3) is 0.188. The smallest absolute Gasteiger partial charge is 0.224 e. The van der Waals surface area contributed by atoms with Crippen LogP contribution in [-0.4, -0.2) is 13.0 Å². The third-order valence-electron chi connectivity index (χ3n) is 3.16. The Labute approximate surface area is 122 Å². The highest BCUT2D eigenvalue weighted by Gasteiger charge is 2.10. The van der Waals surface area contributed by atoms with Gasteiger partial charge in [-0.3, -0.25) is 4.79 Å². The van der Waals surface area contributed by atoms with Crippen LogP contribution in [0.3, 0.4) is 0 Å². The van der Waals surface area contributed by atoms with E-state index in [0.29, 0.717) is 5.69 Å². The topological polar surface area (TPSA) is 41.1 Å². The van der Waals surface area contributed by atoms with Gasteiger partial charge in [0.1, 0.15) is 11.6 Å². The molecule has 3 nitrogen and oxygen atoms in total. The highest BCUT2D eigenvalue weighted by Crippen LogP contribution is 2.19. The monoisotopic (exact) mass is 290 g/mol. The Morgan fingerprint density at radius 2 is 1.71 bits per heavy atom. The highest BCUT2D eigenvalue weighted by atomic mass is 19.1. The summed E-state index contributed by atoms with van der Waals surface area (Å²) in [6, 6.07) is 11.0. The molecule has 0 fully saturated rings. The second-order valence-corrected chi connectivity index (χ2v) is 4.56. The number of hydrogen-bond acceptors (Lipinski definition) is 2. The first kappa shape index (κ1) is 15.0. The summed E-state index contributed by atoms with van der Waals surface area (Å²) in [6.07, 6.45) is 0.208.